The summed E-state index contributed by atoms with van der Waals surface area (Å²) < 4.78 is 10.0. The molecule has 0 atom stereocenters. The molecule has 1 aliphatic carbocycles. The number of carbonyl (C=O) groups excluding carboxylic acids is 1. The standard InChI is InChI=1S/C11H21NO3/c1-9(2)15-10(13)12-8-11(4-5-11)6-7-14-3/h9H,4-8H2,1-3H3,(H,12,13). The van der Waals surface area contributed by atoms with E-state index in [9.17, 15) is 4.79 Å². The van der Waals surface area contributed by atoms with Crippen molar-refractivity contribution in [2.24, 2.45) is 5.41 Å². The van der Waals surface area contributed by atoms with E-state index >= 15 is 0 Å². The SMILES string of the molecule is COCCC1(CNC(=O)OC(C)C)CC1. The van der Waals surface area contributed by atoms with Crippen LogP contribution in [0.3, 0.4) is 0 Å². The Balaban J connectivity index is 2.16. The van der Waals surface area contributed by atoms with Crippen LogP contribution in [0.15, 0.2) is 0 Å². The third-order valence-corrected chi connectivity index (χ3v) is 2.74. The summed E-state index contributed by atoms with van der Waals surface area (Å²) in [6.45, 7) is 5.16. The number of nitrogens with one attached hydrogen (secondary N) is 1. The third kappa shape index (κ3) is 4.51. The lowest BCUT2D eigenvalue weighted by molar-refractivity contribution is 0.112. The molecule has 0 unspecified atom stereocenters. The van der Waals surface area contributed by atoms with E-state index in [2.05, 4.69) is 5.32 Å². The van der Waals surface area contributed by atoms with Crippen LogP contribution < -0.4 is 5.32 Å². The lowest BCUT2D eigenvalue weighted by Crippen LogP contribution is -2.32. The molecule has 1 saturated carbocycles. The van der Waals surface area contributed by atoms with Gasteiger partial charge in [-0.2, -0.15) is 0 Å². The number of hydrogen-bond acceptors (Lipinski definition) is 3. The summed E-state index contributed by atoms with van der Waals surface area (Å²) in [5, 5.41) is 2.81. The van der Waals surface area contributed by atoms with Crippen molar-refractivity contribution in [3.63, 3.8) is 0 Å². The summed E-state index contributed by atoms with van der Waals surface area (Å²) in [7, 11) is 1.70. The molecule has 0 aromatic heterocycles. The van der Waals surface area contributed by atoms with Gasteiger partial charge in [0.05, 0.1) is 6.10 Å². The number of methoxy groups -OCH3 is 1. The van der Waals surface area contributed by atoms with Crippen molar-refractivity contribution in [2.45, 2.75) is 39.2 Å². The van der Waals surface area contributed by atoms with Crippen molar-refractivity contribution >= 4 is 6.09 Å². The number of hydrogen-bond donors (Lipinski definition) is 1. The normalized spacial score (nSPS) is 17.6. The highest BCUT2D eigenvalue weighted by atomic mass is 16.6. The Morgan fingerprint density at radius 2 is 2.13 bits per heavy atom. The highest BCUT2D eigenvalue weighted by Crippen LogP contribution is 2.48. The molecular weight excluding hydrogens is 194 g/mol. The molecule has 1 fully saturated rings. The molecule has 4 heteroatoms. The molecule has 1 aliphatic rings. The summed E-state index contributed by atoms with van der Waals surface area (Å²) in [5.41, 5.74) is 0.284. The van der Waals surface area contributed by atoms with Gasteiger partial charge in [-0.05, 0) is 38.5 Å². The monoisotopic (exact) mass is 215 g/mol. The molecule has 15 heavy (non-hydrogen) atoms. The number of alkyl carbamates (subject to hydrolysis) is 1. The van der Waals surface area contributed by atoms with Gasteiger partial charge < -0.3 is 14.8 Å². The van der Waals surface area contributed by atoms with E-state index < -0.39 is 0 Å². The molecule has 0 bridgehead atoms. The molecule has 4 nitrogen and oxygen atoms in total. The summed E-state index contributed by atoms with van der Waals surface area (Å²) in [5.74, 6) is 0. The second kappa shape index (κ2) is 5.35. The molecule has 0 aromatic carbocycles. The van der Waals surface area contributed by atoms with Crippen molar-refractivity contribution < 1.29 is 14.3 Å². The van der Waals surface area contributed by atoms with Crippen LogP contribution in [-0.2, 0) is 9.47 Å². The highest BCUT2D eigenvalue weighted by Gasteiger charge is 2.42. The molecule has 1 amide bonds. The van der Waals surface area contributed by atoms with E-state index in [0.717, 1.165) is 13.0 Å². The van der Waals surface area contributed by atoms with E-state index in [0.29, 0.717) is 6.54 Å². The van der Waals surface area contributed by atoms with Gasteiger partial charge in [-0.1, -0.05) is 0 Å². The van der Waals surface area contributed by atoms with Gasteiger partial charge in [-0.15, -0.1) is 0 Å². The van der Waals surface area contributed by atoms with Crippen molar-refractivity contribution in [3.05, 3.63) is 0 Å². The fourth-order valence-corrected chi connectivity index (χ4v) is 1.53. The Bertz CT molecular complexity index is 212. The van der Waals surface area contributed by atoms with E-state index in [4.69, 9.17) is 9.47 Å². The number of amides is 1. The molecular formula is C11H21NO3. The predicted molar refractivity (Wildman–Crippen MR) is 57.8 cm³/mol. The van der Waals surface area contributed by atoms with Crippen molar-refractivity contribution in [2.75, 3.05) is 20.3 Å². The molecule has 1 rings (SSSR count). The second-order valence-corrected chi connectivity index (χ2v) is 4.55. The van der Waals surface area contributed by atoms with E-state index in [1.807, 2.05) is 13.8 Å². The van der Waals surface area contributed by atoms with Gasteiger partial charge in [-0.3, -0.25) is 0 Å². The molecule has 0 radical (unpaired) electrons. The molecule has 0 aromatic rings. The Labute approximate surface area is 91.3 Å². The molecule has 0 saturated heterocycles. The summed E-state index contributed by atoms with van der Waals surface area (Å²) in [6.07, 6.45) is 3.01. The van der Waals surface area contributed by atoms with Gasteiger partial charge in [0, 0.05) is 20.3 Å². The van der Waals surface area contributed by atoms with E-state index in [1.165, 1.54) is 12.8 Å². The van der Waals surface area contributed by atoms with Gasteiger partial charge >= 0.3 is 6.09 Å². The average molecular weight is 215 g/mol. The van der Waals surface area contributed by atoms with Crippen molar-refractivity contribution in [1.82, 2.24) is 5.32 Å². The predicted octanol–water partition coefficient (Wildman–Crippen LogP) is 1.94. The lowest BCUT2D eigenvalue weighted by Gasteiger charge is -2.16. The number of rotatable bonds is 6. The highest BCUT2D eigenvalue weighted by molar-refractivity contribution is 5.67. The quantitative estimate of drug-likeness (QED) is 0.736. The Kier molecular flexibility index (Phi) is 4.39. The fraction of sp³-hybridized carbons (Fsp3) is 0.909. The van der Waals surface area contributed by atoms with Gasteiger partial charge in [0.25, 0.3) is 0 Å². The van der Waals surface area contributed by atoms with Crippen LogP contribution in [0.25, 0.3) is 0 Å². The Morgan fingerprint density at radius 1 is 1.47 bits per heavy atom. The van der Waals surface area contributed by atoms with Crippen LogP contribution in [0.1, 0.15) is 33.1 Å². The zero-order valence-corrected chi connectivity index (χ0v) is 9.84. The first-order valence-corrected chi connectivity index (χ1v) is 5.51. The van der Waals surface area contributed by atoms with Crippen LogP contribution >= 0.6 is 0 Å². The minimum atomic E-state index is -0.311. The smallest absolute Gasteiger partial charge is 0.407 e. The number of carbonyl (C=O) groups is 1. The Hall–Kier alpha value is -0.770. The van der Waals surface area contributed by atoms with Crippen LogP contribution in [0.5, 0.6) is 0 Å². The van der Waals surface area contributed by atoms with Gasteiger partial charge in [0.1, 0.15) is 0 Å². The zero-order chi connectivity index (χ0) is 11.3. The second-order valence-electron chi connectivity index (χ2n) is 4.55. The Morgan fingerprint density at radius 3 is 2.60 bits per heavy atom. The summed E-state index contributed by atoms with van der Waals surface area (Å²) in [4.78, 5) is 11.2. The molecule has 0 heterocycles. The zero-order valence-electron chi connectivity index (χ0n) is 9.84. The maximum Gasteiger partial charge on any atom is 0.407 e. The van der Waals surface area contributed by atoms with E-state index in [-0.39, 0.29) is 17.6 Å². The minimum absolute atomic E-state index is 0.0564. The van der Waals surface area contributed by atoms with Gasteiger partial charge in [0.15, 0.2) is 0 Å². The van der Waals surface area contributed by atoms with E-state index in [1.54, 1.807) is 7.11 Å². The van der Waals surface area contributed by atoms with Gasteiger partial charge in [0.2, 0.25) is 0 Å². The van der Waals surface area contributed by atoms with Crippen LogP contribution in [0.2, 0.25) is 0 Å². The maximum absolute atomic E-state index is 11.2. The third-order valence-electron chi connectivity index (χ3n) is 2.74. The summed E-state index contributed by atoms with van der Waals surface area (Å²) in [6, 6.07) is 0. The fourth-order valence-electron chi connectivity index (χ4n) is 1.53. The van der Waals surface area contributed by atoms with Crippen molar-refractivity contribution in [3.8, 4) is 0 Å². The topological polar surface area (TPSA) is 47.6 Å². The molecule has 0 spiro atoms. The largest absolute Gasteiger partial charge is 0.447 e. The molecule has 1 N–H and O–H groups in total. The average Bonchev–Trinajstić information content (AvgIpc) is 2.92. The first-order valence-electron chi connectivity index (χ1n) is 5.51. The van der Waals surface area contributed by atoms with Crippen molar-refractivity contribution in [1.29, 1.82) is 0 Å². The molecule has 0 aliphatic heterocycles. The van der Waals surface area contributed by atoms with Gasteiger partial charge in [-0.25, -0.2) is 4.79 Å². The maximum atomic E-state index is 11.2. The minimum Gasteiger partial charge on any atom is -0.447 e. The first-order chi connectivity index (χ1) is 7.08. The van der Waals surface area contributed by atoms with Crippen LogP contribution in [0.4, 0.5) is 4.79 Å². The van der Waals surface area contributed by atoms with Crippen LogP contribution in [-0.4, -0.2) is 32.5 Å². The lowest BCUT2D eigenvalue weighted by atomic mass is 10.0. The number of ether oxygens (including phenoxy) is 2. The van der Waals surface area contributed by atoms with Crippen LogP contribution in [0, 0.1) is 5.41 Å². The molecule has 88 valence electrons. The summed E-state index contributed by atoms with van der Waals surface area (Å²) >= 11 is 0. The first kappa shape index (κ1) is 12.3.